The molecule has 1 unspecified atom stereocenters. The number of alkyl halides is 3. The van der Waals surface area contributed by atoms with Gasteiger partial charge in [0.25, 0.3) is 0 Å². The highest BCUT2D eigenvalue weighted by molar-refractivity contribution is 4.79. The molecule has 1 aliphatic heterocycles. The van der Waals surface area contributed by atoms with E-state index in [1.54, 1.807) is 0 Å². The van der Waals surface area contributed by atoms with E-state index in [0.29, 0.717) is 18.5 Å². The van der Waals surface area contributed by atoms with E-state index in [4.69, 9.17) is 0 Å². The van der Waals surface area contributed by atoms with Crippen molar-refractivity contribution in [1.82, 2.24) is 10.2 Å². The molecule has 1 N–H and O–H groups in total. The topological polar surface area (TPSA) is 24.5 Å². The number of nitrogens with zero attached hydrogens (tertiary/aromatic N) is 1. The van der Waals surface area contributed by atoms with Gasteiger partial charge in [-0.3, -0.25) is 4.90 Å². The molecule has 0 aliphatic carbocycles. The molecule has 0 aromatic carbocycles. The Morgan fingerprint density at radius 3 is 2.72 bits per heavy atom. The summed E-state index contributed by atoms with van der Waals surface area (Å²) in [4.78, 5) is 2.17. The molecular formula is C12H23F3N2O. The minimum atomic E-state index is -4.22. The Morgan fingerprint density at radius 2 is 2.11 bits per heavy atom. The van der Waals surface area contributed by atoms with Crippen molar-refractivity contribution in [2.24, 2.45) is 5.92 Å². The average Bonchev–Trinajstić information content (AvgIpc) is 2.23. The maximum absolute atomic E-state index is 11.9. The molecule has 1 aliphatic rings. The lowest BCUT2D eigenvalue weighted by molar-refractivity contribution is -0.174. The number of hydrogen-bond acceptors (Lipinski definition) is 3. The quantitative estimate of drug-likeness (QED) is 0.744. The van der Waals surface area contributed by atoms with Crippen LogP contribution in [0, 0.1) is 5.92 Å². The maximum Gasteiger partial charge on any atom is 0.411 e. The molecule has 6 heteroatoms. The van der Waals surface area contributed by atoms with Crippen molar-refractivity contribution in [2.75, 3.05) is 39.4 Å². The van der Waals surface area contributed by atoms with Crippen molar-refractivity contribution < 1.29 is 17.9 Å². The molecule has 0 bridgehead atoms. The molecule has 0 aromatic heterocycles. The van der Waals surface area contributed by atoms with E-state index in [9.17, 15) is 13.2 Å². The van der Waals surface area contributed by atoms with Gasteiger partial charge in [0.05, 0.1) is 6.61 Å². The zero-order valence-electron chi connectivity index (χ0n) is 11.1. The molecule has 0 aromatic rings. The van der Waals surface area contributed by atoms with Crippen LogP contribution in [0.5, 0.6) is 0 Å². The summed E-state index contributed by atoms with van der Waals surface area (Å²) < 4.78 is 40.3. The van der Waals surface area contributed by atoms with E-state index in [1.165, 1.54) is 0 Å². The molecule has 0 amide bonds. The Morgan fingerprint density at radius 1 is 1.39 bits per heavy atom. The summed E-state index contributed by atoms with van der Waals surface area (Å²) in [7, 11) is 0. The fourth-order valence-corrected chi connectivity index (χ4v) is 2.21. The maximum atomic E-state index is 11.9. The van der Waals surface area contributed by atoms with E-state index in [-0.39, 0.29) is 6.61 Å². The predicted octanol–water partition coefficient (Wildman–Crippen LogP) is 1.89. The highest BCUT2D eigenvalue weighted by Gasteiger charge is 2.27. The van der Waals surface area contributed by atoms with Gasteiger partial charge in [0, 0.05) is 32.2 Å². The predicted molar refractivity (Wildman–Crippen MR) is 64.6 cm³/mol. The number of ether oxygens (including phenoxy) is 1. The first-order valence-electron chi connectivity index (χ1n) is 6.47. The van der Waals surface area contributed by atoms with Crippen molar-refractivity contribution in [2.45, 2.75) is 32.5 Å². The molecule has 108 valence electrons. The fourth-order valence-electron chi connectivity index (χ4n) is 2.21. The summed E-state index contributed by atoms with van der Waals surface area (Å²) in [6.07, 6.45) is -3.12. The molecule has 1 saturated heterocycles. The van der Waals surface area contributed by atoms with Crippen LogP contribution in [0.25, 0.3) is 0 Å². The van der Waals surface area contributed by atoms with Crippen LogP contribution in [-0.4, -0.2) is 56.5 Å². The standard InChI is InChI=1S/C12H23F3N2O/c1-10(2)7-11-8-17(4-3-16-11)5-6-18-9-12(13,14)15/h10-11,16H,3-9H2,1-2H3. The van der Waals surface area contributed by atoms with Gasteiger partial charge in [0.1, 0.15) is 6.61 Å². The molecule has 1 atom stereocenters. The number of nitrogens with one attached hydrogen (secondary N) is 1. The van der Waals surface area contributed by atoms with Crippen molar-refractivity contribution in [3.63, 3.8) is 0 Å². The van der Waals surface area contributed by atoms with Crippen molar-refractivity contribution in [3.8, 4) is 0 Å². The summed E-state index contributed by atoms with van der Waals surface area (Å²) in [5.41, 5.74) is 0. The van der Waals surface area contributed by atoms with Gasteiger partial charge in [-0.2, -0.15) is 13.2 Å². The molecular weight excluding hydrogens is 245 g/mol. The Bertz CT molecular complexity index is 234. The molecule has 1 heterocycles. The Kier molecular flexibility index (Phi) is 6.38. The van der Waals surface area contributed by atoms with Gasteiger partial charge in [-0.25, -0.2) is 0 Å². The van der Waals surface area contributed by atoms with Gasteiger partial charge < -0.3 is 10.1 Å². The Hall–Kier alpha value is -0.330. The second kappa shape index (κ2) is 7.31. The van der Waals surface area contributed by atoms with E-state index in [0.717, 1.165) is 26.1 Å². The number of piperazine rings is 1. The average molecular weight is 268 g/mol. The van der Waals surface area contributed by atoms with Gasteiger partial charge in [-0.1, -0.05) is 13.8 Å². The van der Waals surface area contributed by atoms with Crippen LogP contribution < -0.4 is 5.32 Å². The summed E-state index contributed by atoms with van der Waals surface area (Å²) >= 11 is 0. The molecule has 3 nitrogen and oxygen atoms in total. The van der Waals surface area contributed by atoms with E-state index in [1.807, 2.05) is 0 Å². The zero-order valence-corrected chi connectivity index (χ0v) is 11.1. The first-order valence-corrected chi connectivity index (χ1v) is 6.47. The van der Waals surface area contributed by atoms with Crippen molar-refractivity contribution >= 4 is 0 Å². The van der Waals surface area contributed by atoms with E-state index >= 15 is 0 Å². The Balaban J connectivity index is 2.14. The van der Waals surface area contributed by atoms with Gasteiger partial charge >= 0.3 is 6.18 Å². The number of hydrogen-bond donors (Lipinski definition) is 1. The van der Waals surface area contributed by atoms with E-state index in [2.05, 4.69) is 28.8 Å². The minimum Gasteiger partial charge on any atom is -0.371 e. The van der Waals surface area contributed by atoms with E-state index < -0.39 is 12.8 Å². The lowest BCUT2D eigenvalue weighted by atomic mass is 10.0. The monoisotopic (exact) mass is 268 g/mol. The highest BCUT2D eigenvalue weighted by atomic mass is 19.4. The van der Waals surface area contributed by atoms with Crippen LogP contribution in [0.1, 0.15) is 20.3 Å². The number of rotatable bonds is 6. The largest absolute Gasteiger partial charge is 0.411 e. The molecule has 18 heavy (non-hydrogen) atoms. The van der Waals surface area contributed by atoms with Crippen LogP contribution in [0.3, 0.4) is 0 Å². The lowest BCUT2D eigenvalue weighted by Crippen LogP contribution is -2.51. The third-order valence-corrected chi connectivity index (χ3v) is 2.91. The summed E-state index contributed by atoms with van der Waals surface area (Å²) in [6, 6.07) is 0.446. The van der Waals surface area contributed by atoms with Gasteiger partial charge in [0.15, 0.2) is 0 Å². The van der Waals surface area contributed by atoms with Gasteiger partial charge in [-0.05, 0) is 12.3 Å². The molecule has 1 fully saturated rings. The van der Waals surface area contributed by atoms with Gasteiger partial charge in [0.2, 0.25) is 0 Å². The lowest BCUT2D eigenvalue weighted by Gasteiger charge is -2.34. The van der Waals surface area contributed by atoms with Crippen LogP contribution in [0.4, 0.5) is 13.2 Å². The van der Waals surface area contributed by atoms with Crippen LogP contribution >= 0.6 is 0 Å². The van der Waals surface area contributed by atoms with Crippen molar-refractivity contribution in [1.29, 1.82) is 0 Å². The minimum absolute atomic E-state index is 0.147. The molecule has 0 radical (unpaired) electrons. The second-order valence-electron chi connectivity index (χ2n) is 5.25. The first kappa shape index (κ1) is 15.7. The van der Waals surface area contributed by atoms with Gasteiger partial charge in [-0.15, -0.1) is 0 Å². The smallest absolute Gasteiger partial charge is 0.371 e. The normalized spacial score (nSPS) is 22.7. The van der Waals surface area contributed by atoms with Crippen molar-refractivity contribution in [3.05, 3.63) is 0 Å². The molecule has 0 spiro atoms. The fraction of sp³-hybridized carbons (Fsp3) is 1.00. The third kappa shape index (κ3) is 7.18. The molecule has 0 saturated carbocycles. The summed E-state index contributed by atoms with van der Waals surface area (Å²) in [5, 5.41) is 3.43. The second-order valence-corrected chi connectivity index (χ2v) is 5.25. The SMILES string of the molecule is CC(C)CC1CN(CCOCC(F)(F)F)CCN1. The number of halogens is 3. The highest BCUT2D eigenvalue weighted by Crippen LogP contribution is 2.14. The van der Waals surface area contributed by atoms with Crippen LogP contribution in [0.15, 0.2) is 0 Å². The third-order valence-electron chi connectivity index (χ3n) is 2.91. The molecule has 1 rings (SSSR count). The first-order chi connectivity index (χ1) is 8.37. The summed E-state index contributed by atoms with van der Waals surface area (Å²) in [6.45, 7) is 6.60. The Labute approximate surface area is 107 Å². The van der Waals surface area contributed by atoms with Crippen LogP contribution in [0.2, 0.25) is 0 Å². The van der Waals surface area contributed by atoms with Crippen LogP contribution in [-0.2, 0) is 4.74 Å². The zero-order chi connectivity index (χ0) is 13.6. The summed E-state index contributed by atoms with van der Waals surface area (Å²) in [5.74, 6) is 0.629.